The average Bonchev–Trinajstić information content (AvgIpc) is 3.50. The van der Waals surface area contributed by atoms with Gasteiger partial charge in [-0.3, -0.25) is 0 Å². The van der Waals surface area contributed by atoms with Crippen LogP contribution in [0.15, 0.2) is 200 Å². The second-order valence-corrected chi connectivity index (χ2v) is 28.2. The van der Waals surface area contributed by atoms with Gasteiger partial charge in [-0.2, -0.15) is 0 Å². The number of rotatable bonds is 9. The summed E-state index contributed by atoms with van der Waals surface area (Å²) >= 11 is 1.88. The molecule has 0 amide bonds. The van der Waals surface area contributed by atoms with Crippen LogP contribution >= 0.6 is 46.2 Å². The van der Waals surface area contributed by atoms with Gasteiger partial charge in [0.2, 0.25) is 0 Å². The molecule has 0 N–H and O–H groups in total. The Morgan fingerprint density at radius 1 is 0.415 bits per heavy atom. The molecule has 7 rings (SSSR count). The molecule has 6 aromatic carbocycles. The molecule has 6 aromatic rings. The van der Waals surface area contributed by atoms with Crippen LogP contribution in [0.25, 0.3) is 0 Å². The zero-order chi connectivity index (χ0) is 35.9. The van der Waals surface area contributed by atoms with E-state index in [-0.39, 0.29) is 40.6 Å². The van der Waals surface area contributed by atoms with E-state index in [0.29, 0.717) is 31.8 Å². The van der Waals surface area contributed by atoms with Crippen molar-refractivity contribution in [3.63, 3.8) is 0 Å². The van der Waals surface area contributed by atoms with Crippen molar-refractivity contribution in [3.05, 3.63) is 200 Å². The van der Waals surface area contributed by atoms with Crippen molar-refractivity contribution >= 4 is 93.8 Å². The van der Waals surface area contributed by atoms with Gasteiger partial charge in [0.05, 0.1) is 0 Å². The van der Waals surface area contributed by atoms with Gasteiger partial charge in [-0.15, -0.1) is 24.8 Å². The predicted molar refractivity (Wildman–Crippen MR) is 231 cm³/mol. The fourth-order valence-corrected chi connectivity index (χ4v) is 26.4. The van der Waals surface area contributed by atoms with Crippen LogP contribution in [0.5, 0.6) is 0 Å². The Morgan fingerprint density at radius 2 is 0.623 bits per heavy atom. The maximum atomic E-state index is 16.6. The van der Waals surface area contributed by atoms with E-state index in [2.05, 4.69) is 18.7 Å². The minimum absolute atomic E-state index is 0. The first-order chi connectivity index (χ1) is 24.7. The summed E-state index contributed by atoms with van der Waals surface area (Å²) < 4.78 is 51.4. The predicted octanol–water partition coefficient (Wildman–Crippen LogP) is 9.27. The Balaban J connectivity index is 0.000000558. The number of allylic oxidation sites excluding steroid dienone is 2. The van der Waals surface area contributed by atoms with Gasteiger partial charge in [0.15, 0.2) is 21.4 Å². The number of hydrogen-bond acceptors (Lipinski definition) is 3. The van der Waals surface area contributed by atoms with Crippen LogP contribution in [-0.2, 0) is 38.4 Å². The topological polar surface area (TPSA) is 51.2 Å². The molecule has 10 heteroatoms. The van der Waals surface area contributed by atoms with Crippen molar-refractivity contribution in [3.8, 4) is 0 Å². The van der Waals surface area contributed by atoms with Crippen LogP contribution in [-0.4, -0.2) is 20.9 Å². The third-order valence-corrected chi connectivity index (χ3v) is 28.8. The van der Waals surface area contributed by atoms with Gasteiger partial charge < -0.3 is 13.7 Å². The first-order valence-electron chi connectivity index (χ1n) is 16.7. The average molecular weight is 936 g/mol. The van der Waals surface area contributed by atoms with Crippen LogP contribution in [0.4, 0.5) is 0 Å². The van der Waals surface area contributed by atoms with Crippen molar-refractivity contribution in [2.45, 2.75) is 19.0 Å². The summed E-state index contributed by atoms with van der Waals surface area (Å²) in [6.45, 7) is 4.46. The van der Waals surface area contributed by atoms with E-state index in [1.165, 1.54) is 5.57 Å². The van der Waals surface area contributed by atoms with Crippen LogP contribution in [0.2, 0.25) is 0 Å². The second-order valence-electron chi connectivity index (χ2n) is 12.3. The number of benzene rings is 6. The van der Waals surface area contributed by atoms with Crippen molar-refractivity contribution in [2.24, 2.45) is 0 Å². The van der Waals surface area contributed by atoms with E-state index < -0.39 is 26.6 Å². The van der Waals surface area contributed by atoms with E-state index in [4.69, 9.17) is 0 Å². The fourth-order valence-electron chi connectivity index (χ4n) is 6.43. The van der Waals surface area contributed by atoms with E-state index >= 15 is 13.7 Å². The minimum Gasteiger partial charge on any atom is -0.312 e. The summed E-state index contributed by atoms with van der Waals surface area (Å²) in [6, 6.07) is 55.2. The fraction of sp³-hybridized carbons (Fsp3) is 0.0698. The van der Waals surface area contributed by atoms with Crippen LogP contribution in [0.1, 0.15) is 13.8 Å². The summed E-state index contributed by atoms with van der Waals surface area (Å²) in [6.07, 6.45) is 0. The first kappa shape index (κ1) is 43.2. The summed E-state index contributed by atoms with van der Waals surface area (Å²) in [5.41, 5.74) is 3.12. The Morgan fingerprint density at radius 3 is 0.755 bits per heavy atom. The molecule has 53 heavy (non-hydrogen) atoms. The molecule has 1 aliphatic heterocycles. The van der Waals surface area contributed by atoms with Crippen LogP contribution in [0.3, 0.4) is 0 Å². The van der Waals surface area contributed by atoms with Gasteiger partial charge >= 0.3 is 72.4 Å². The van der Waals surface area contributed by atoms with Crippen LogP contribution < -0.4 is 31.8 Å². The monoisotopic (exact) mass is 933 g/mol. The van der Waals surface area contributed by atoms with E-state index in [0.717, 1.165) is 0 Å². The first-order valence-corrected chi connectivity index (χ1v) is 25.5. The third kappa shape index (κ3) is 8.83. The molecule has 1 heterocycles. The molecule has 0 saturated carbocycles. The Labute approximate surface area is 348 Å². The molecule has 0 fully saturated rings. The van der Waals surface area contributed by atoms with Gasteiger partial charge in [-0.1, -0.05) is 182 Å². The van der Waals surface area contributed by atoms with Gasteiger partial charge in [-0.05, 0) is 0 Å². The molecule has 0 radical (unpaired) electrons. The Kier molecular flexibility index (Phi) is 15.8. The third-order valence-electron chi connectivity index (χ3n) is 9.21. The Hall–Kier alpha value is -2.49. The van der Waals surface area contributed by atoms with E-state index in [9.17, 15) is 0 Å². The molecular formula is C43H41AsCl2O3P3Zr. The molecule has 0 bridgehead atoms. The van der Waals surface area contributed by atoms with Gasteiger partial charge in [0.1, 0.15) is 5.14 Å². The molecule has 1 unspecified atom stereocenters. The summed E-state index contributed by atoms with van der Waals surface area (Å²) in [7, 11) is -11.9. The summed E-state index contributed by atoms with van der Waals surface area (Å²) in [5, 5.41) is 1.80. The molecule has 0 spiro atoms. The van der Waals surface area contributed by atoms with Crippen molar-refractivity contribution in [2.75, 3.05) is 0 Å². The molecule has 3 nitrogen and oxygen atoms in total. The van der Waals surface area contributed by atoms with Crippen LogP contribution in [0, 0.1) is 0 Å². The maximum absolute atomic E-state index is 16.6. The van der Waals surface area contributed by atoms with Crippen molar-refractivity contribution < 1.29 is 38.4 Å². The smallest absolute Gasteiger partial charge is 0.161 e. The number of hydrogen-bond donors (Lipinski definition) is 0. The normalized spacial score (nSPS) is 13.3. The van der Waals surface area contributed by atoms with Gasteiger partial charge in [0.25, 0.3) is 0 Å². The summed E-state index contributed by atoms with van der Waals surface area (Å²) in [5.74, 6) is 0. The minimum atomic E-state index is -3.97. The quantitative estimate of drug-likeness (QED) is 0.107. The maximum Gasteiger partial charge on any atom is 0.161 e. The zero-order valence-corrected chi connectivity index (χ0v) is 38.2. The molecule has 0 saturated heterocycles. The SMILES string of the molecule is CC1=C[AsH][C]([Zr])=C1C.Cl.Cl.O=P(c1ccccc1)(c1ccccc1)C(P(=O)(c1ccccc1)c1ccccc1)P(=O)(c1ccccc1)c1ccccc1. The number of halogens is 2. The molecule has 0 aromatic heterocycles. The van der Waals surface area contributed by atoms with Crippen molar-refractivity contribution in [1.29, 1.82) is 0 Å². The molecule has 0 aliphatic carbocycles. The molecular weight excluding hydrogens is 894 g/mol. The second kappa shape index (κ2) is 19.4. The van der Waals surface area contributed by atoms with E-state index in [1.807, 2.05) is 182 Å². The zero-order valence-electron chi connectivity index (χ0n) is 29.4. The van der Waals surface area contributed by atoms with Crippen molar-refractivity contribution in [1.82, 2.24) is 0 Å². The molecule has 1 atom stereocenters. The largest absolute Gasteiger partial charge is 0.312 e. The standard InChI is InChI=1S/C37H31O3P3.C6H8As.2ClH.Zr/c38-41(31-19-7-1-8-20-31,32-21-9-2-10-22-32)37(42(39,33-23-11-3-12-24-33)34-25-13-4-14-26-34)43(40,35-27-15-5-16-28-35)36-29-17-6-18-30-36;1-5-3-7-4-6(5)2;;;/h1-30,37H;3,7H,1-2H3;2*1H;. The Bertz CT molecular complexity index is 1930. The van der Waals surface area contributed by atoms with Gasteiger partial charge in [-0.25, -0.2) is 0 Å². The van der Waals surface area contributed by atoms with Gasteiger partial charge in [0, 0.05) is 31.8 Å². The van der Waals surface area contributed by atoms with E-state index in [1.54, 1.807) is 32.4 Å². The molecule has 1 aliphatic rings. The summed E-state index contributed by atoms with van der Waals surface area (Å²) in [4.78, 5) is 2.43. The molecule has 269 valence electrons.